The maximum Gasteiger partial charge on any atom is 0.346 e. The molecule has 0 saturated carbocycles. The van der Waals surface area contributed by atoms with E-state index in [1.165, 1.54) is 60.9 Å². The van der Waals surface area contributed by atoms with Gasteiger partial charge in [-0.05, 0) is 83.9 Å². The quantitative estimate of drug-likeness (QED) is 0.0510. The molecule has 0 aliphatic carbocycles. The number of nitrogens with zero attached hydrogens (tertiary/aromatic N) is 8. The van der Waals surface area contributed by atoms with E-state index in [0.717, 1.165) is 48.5 Å². The van der Waals surface area contributed by atoms with E-state index >= 15 is 26.3 Å². The van der Waals surface area contributed by atoms with Crippen LogP contribution >= 0.6 is 23.2 Å². The second-order valence-corrected chi connectivity index (χ2v) is 23.7. The number of carbonyl (C=O) groups excluding carboxylic acids is 2. The molecule has 89 heavy (non-hydrogen) atoms. The summed E-state index contributed by atoms with van der Waals surface area (Å²) in [5.74, 6) is -10.1. The Kier molecular flexibility index (Phi) is 16.2. The highest BCUT2D eigenvalue weighted by Gasteiger charge is 2.41. The Hall–Kier alpha value is -8.90. The van der Waals surface area contributed by atoms with Crippen LogP contribution in [0, 0.1) is 57.4 Å². The van der Waals surface area contributed by atoms with Crippen LogP contribution in [-0.2, 0) is 40.3 Å². The summed E-state index contributed by atoms with van der Waals surface area (Å²) in [6.45, 7) is 7.61. The molecule has 2 unspecified atom stereocenters. The molecule has 15 nitrogen and oxygen atoms in total. The first-order valence-corrected chi connectivity index (χ1v) is 28.3. The normalized spacial score (nSPS) is 16.2. The Labute approximate surface area is 511 Å². The van der Waals surface area contributed by atoms with Crippen molar-refractivity contribution in [3.05, 3.63) is 211 Å². The van der Waals surface area contributed by atoms with Gasteiger partial charge in [-0.2, -0.15) is 9.97 Å². The van der Waals surface area contributed by atoms with Gasteiger partial charge >= 0.3 is 11.9 Å². The van der Waals surface area contributed by atoms with Gasteiger partial charge in [-0.15, -0.1) is 0 Å². The van der Waals surface area contributed by atoms with Gasteiger partial charge in [0.2, 0.25) is 11.8 Å². The van der Waals surface area contributed by atoms with E-state index in [0.29, 0.717) is 0 Å². The highest BCUT2D eigenvalue weighted by atomic mass is 35.5. The van der Waals surface area contributed by atoms with Crippen molar-refractivity contribution >= 4 is 57.2 Å². The molecule has 2 fully saturated rings. The molecule has 12 rings (SSSR count). The lowest BCUT2D eigenvalue weighted by Gasteiger charge is -2.28. The van der Waals surface area contributed by atoms with Crippen LogP contribution in [0.2, 0.25) is 10.0 Å². The molecule has 2 saturated heterocycles. The van der Waals surface area contributed by atoms with Crippen molar-refractivity contribution in [2.45, 2.75) is 65.8 Å². The Bertz CT molecular complexity index is 4230. The zero-order chi connectivity index (χ0) is 62.8. The number of hydrogen-bond donors (Lipinski definition) is 0. The summed E-state index contributed by atoms with van der Waals surface area (Å²) < 4.78 is 158. The Morgan fingerprint density at radius 2 is 0.910 bits per heavy atom. The third-order valence-electron chi connectivity index (χ3n) is 15.7. The predicted octanol–water partition coefficient (Wildman–Crippen LogP) is 14.3. The van der Waals surface area contributed by atoms with Gasteiger partial charge in [0.1, 0.15) is 70.8 Å². The van der Waals surface area contributed by atoms with E-state index in [-0.39, 0.29) is 140 Å². The summed E-state index contributed by atoms with van der Waals surface area (Å²) in [5.41, 5.74) is -3.39. The fourth-order valence-corrected chi connectivity index (χ4v) is 11.3. The fraction of sp³-hybridized carbons (Fsp3) is 0.250. The lowest BCUT2D eigenvalue weighted by molar-refractivity contribution is 0.0397. The summed E-state index contributed by atoms with van der Waals surface area (Å²) in [5, 5.41) is 0.378. The van der Waals surface area contributed by atoms with Gasteiger partial charge in [0.25, 0.3) is 0 Å². The fourth-order valence-electron chi connectivity index (χ4n) is 11.0. The molecule has 10 aromatic rings. The van der Waals surface area contributed by atoms with Gasteiger partial charge in [-0.3, -0.25) is 0 Å². The van der Waals surface area contributed by atoms with Crippen molar-refractivity contribution in [3.63, 3.8) is 0 Å². The van der Waals surface area contributed by atoms with Gasteiger partial charge in [0.15, 0.2) is 23.3 Å². The molecule has 0 amide bonds. The van der Waals surface area contributed by atoms with E-state index in [1.807, 2.05) is 27.7 Å². The molecule has 4 aromatic heterocycles. The van der Waals surface area contributed by atoms with E-state index < -0.39 is 105 Å². The number of benzene rings is 6. The monoisotopic (exact) mass is 1260 g/mol. The van der Waals surface area contributed by atoms with Crippen molar-refractivity contribution in [2.75, 3.05) is 26.4 Å². The lowest BCUT2D eigenvalue weighted by atomic mass is 9.87. The van der Waals surface area contributed by atoms with E-state index in [9.17, 15) is 18.4 Å². The number of carbonyl (C=O) groups is 2. The average molecular weight is 1260 g/mol. The van der Waals surface area contributed by atoms with Crippen LogP contribution in [0.1, 0.15) is 94.4 Å². The summed E-state index contributed by atoms with van der Waals surface area (Å²) in [6, 6.07) is 17.3. The highest BCUT2D eigenvalue weighted by Crippen LogP contribution is 2.43. The Morgan fingerprint density at radius 1 is 0.506 bits per heavy atom. The molecule has 0 N–H and O–H groups in total. The number of fused-ring (bicyclic) bond motifs is 2. The molecular formula is C64H48Cl2F8N8O7. The number of esters is 2. The third kappa shape index (κ3) is 12.1. The topological polar surface area (TPSA) is 167 Å². The van der Waals surface area contributed by atoms with E-state index in [2.05, 4.69) is 29.9 Å². The second kappa shape index (κ2) is 23.9. The number of imidazole rings is 2. The second-order valence-electron chi connectivity index (χ2n) is 22.8. The van der Waals surface area contributed by atoms with Gasteiger partial charge in [-0.1, -0.05) is 63.0 Å². The minimum atomic E-state index is -1.34. The van der Waals surface area contributed by atoms with Crippen molar-refractivity contribution < 1.29 is 68.4 Å². The highest BCUT2D eigenvalue weighted by molar-refractivity contribution is 6.30. The number of halogens is 10. The molecule has 0 bridgehead atoms. The van der Waals surface area contributed by atoms with Crippen LogP contribution in [0.5, 0.6) is 11.8 Å². The van der Waals surface area contributed by atoms with Crippen molar-refractivity contribution in [2.24, 2.45) is 10.8 Å². The molecule has 456 valence electrons. The molecule has 0 spiro atoms. The lowest BCUT2D eigenvalue weighted by Crippen LogP contribution is -2.27. The number of hydrogen-bond acceptors (Lipinski definition) is 13. The van der Waals surface area contributed by atoms with Crippen LogP contribution < -0.4 is 9.47 Å². The van der Waals surface area contributed by atoms with Crippen molar-refractivity contribution in [1.82, 2.24) is 39.0 Å². The first-order valence-electron chi connectivity index (χ1n) is 27.6. The molecular weight excluding hydrogens is 1220 g/mol. The van der Waals surface area contributed by atoms with Crippen LogP contribution in [0.4, 0.5) is 35.1 Å². The van der Waals surface area contributed by atoms with Gasteiger partial charge in [0, 0.05) is 69.4 Å². The van der Waals surface area contributed by atoms with Gasteiger partial charge in [-0.25, -0.2) is 64.6 Å². The first kappa shape index (κ1) is 60.4. The number of ether oxygens (including phenoxy) is 5. The molecule has 2 atom stereocenters. The zero-order valence-electron chi connectivity index (χ0n) is 47.4. The molecule has 2 aliphatic heterocycles. The first-order chi connectivity index (χ1) is 42.5. The van der Waals surface area contributed by atoms with Crippen LogP contribution in [-0.4, -0.2) is 77.4 Å². The van der Waals surface area contributed by atoms with Crippen molar-refractivity contribution in [3.8, 4) is 34.5 Å². The summed E-state index contributed by atoms with van der Waals surface area (Å²) in [4.78, 5) is 53.8. The minimum Gasteiger partial charge on any atom is -0.473 e. The maximum absolute atomic E-state index is 16.5. The molecule has 0 radical (unpaired) electrons. The summed E-state index contributed by atoms with van der Waals surface area (Å²) >= 11 is 11.7. The minimum absolute atomic E-state index is 0.0255. The largest absolute Gasteiger partial charge is 0.473 e. The number of aromatic nitrogens is 8. The third-order valence-corrected chi connectivity index (χ3v) is 16.2. The van der Waals surface area contributed by atoms with Crippen LogP contribution in [0.25, 0.3) is 44.8 Å². The van der Waals surface area contributed by atoms with Crippen LogP contribution in [0.3, 0.4) is 0 Å². The smallest absolute Gasteiger partial charge is 0.346 e. The Balaban J connectivity index is 0.813. The van der Waals surface area contributed by atoms with Crippen molar-refractivity contribution in [1.29, 1.82) is 0 Å². The predicted molar refractivity (Wildman–Crippen MR) is 308 cm³/mol. The molecule has 2 aliphatic rings. The molecule has 25 heteroatoms. The Morgan fingerprint density at radius 3 is 1.29 bits per heavy atom. The van der Waals surface area contributed by atoms with Gasteiger partial charge in [0.05, 0.1) is 71.8 Å². The SMILES string of the molecule is CC1(C)COCC1n1c(Cc2cc(F)c(-c3nccc(OCc4ccc(Cl)cc4F)n3)cc2F)nc2c(F)cc(C(=O)OC(=O)c3cc(F)c4nc(Cc5cc(F)c(-c6nccc(OCc7ccc(Cl)cc7F)n6)cc5F)n(C5COCC5(C)C)c4c3)cc21. The van der Waals surface area contributed by atoms with Crippen LogP contribution in [0.15, 0.2) is 109 Å². The van der Waals surface area contributed by atoms with Gasteiger partial charge < -0.3 is 32.8 Å². The summed E-state index contributed by atoms with van der Waals surface area (Å²) in [6.07, 6.45) is 1.73. The maximum atomic E-state index is 16.5. The number of rotatable bonds is 16. The summed E-state index contributed by atoms with van der Waals surface area (Å²) in [7, 11) is 0. The molecule has 6 heterocycles. The van der Waals surface area contributed by atoms with E-state index in [1.54, 1.807) is 9.13 Å². The van der Waals surface area contributed by atoms with E-state index in [4.69, 9.17) is 46.9 Å². The zero-order valence-corrected chi connectivity index (χ0v) is 48.9. The average Bonchev–Trinajstić information content (AvgIpc) is 1.65. The standard InChI is InChI=1S/C64H48Cl2F8N8O7/c1-63(2)29-85-27-51(63)81-49-17-35(15-47(73)57(49)77-53(81)19-33-13-45(71)39(23-43(33)69)59-75-11-9-55(79-59)87-25-31-5-7-37(65)21-41(31)67)61(83)89-62(84)36-16-48(74)58-50(18-36)82(52-28-86-30-64(52,3)4)54(78-58)20-34-14-46(72)40(24-44(34)70)60-76-12-10-56(80-60)88-26-32-6-8-38(66)22-42(32)68/h5-18,21-24,51-52H,19-20,25-30H2,1-4H3. The molecule has 6 aromatic carbocycles.